The summed E-state index contributed by atoms with van der Waals surface area (Å²) < 4.78 is 19.8. The van der Waals surface area contributed by atoms with Gasteiger partial charge >= 0.3 is 6.09 Å². The van der Waals surface area contributed by atoms with Crippen LogP contribution in [0, 0.1) is 5.82 Å². The number of ether oxygens (including phenoxy) is 1. The van der Waals surface area contributed by atoms with Crippen LogP contribution in [-0.2, 0) is 9.53 Å². The number of anilines is 2. The topological polar surface area (TPSA) is 91.1 Å². The van der Waals surface area contributed by atoms with Crippen LogP contribution in [0.5, 0.6) is 0 Å². The fraction of sp³-hybridized carbons (Fsp3) is 0.529. The van der Waals surface area contributed by atoms with E-state index in [4.69, 9.17) is 10.5 Å². The van der Waals surface area contributed by atoms with Crippen LogP contribution in [0.4, 0.5) is 20.6 Å². The summed E-state index contributed by atoms with van der Waals surface area (Å²) in [7, 11) is 0. The maximum Gasteiger partial charge on any atom is 0.414 e. The van der Waals surface area contributed by atoms with Gasteiger partial charge in [-0.3, -0.25) is 14.6 Å². The van der Waals surface area contributed by atoms with Crippen molar-refractivity contribution >= 4 is 23.4 Å². The van der Waals surface area contributed by atoms with Gasteiger partial charge in [0.2, 0.25) is 5.91 Å². The molecule has 0 aliphatic carbocycles. The molecule has 2 saturated heterocycles. The maximum atomic E-state index is 14.6. The van der Waals surface area contributed by atoms with E-state index in [1.54, 1.807) is 12.1 Å². The molecular formula is C17H24FN5O3. The molecule has 0 unspecified atom stereocenters. The van der Waals surface area contributed by atoms with Gasteiger partial charge < -0.3 is 20.7 Å². The van der Waals surface area contributed by atoms with Crippen LogP contribution in [0.15, 0.2) is 18.2 Å². The van der Waals surface area contributed by atoms with E-state index < -0.39 is 12.2 Å². The second-order valence-corrected chi connectivity index (χ2v) is 6.48. The van der Waals surface area contributed by atoms with E-state index in [2.05, 4.69) is 10.2 Å². The molecule has 2 heterocycles. The fourth-order valence-electron chi connectivity index (χ4n) is 3.19. The SMILES string of the molecule is CC(=O)NC[C@H]1CN(c2ccc(N3CCN(CN)CC3)c(F)c2)C(=O)O1. The van der Waals surface area contributed by atoms with Gasteiger partial charge in [0, 0.05) is 39.8 Å². The molecule has 1 aromatic rings. The lowest BCUT2D eigenvalue weighted by molar-refractivity contribution is -0.119. The van der Waals surface area contributed by atoms with Crippen molar-refractivity contribution in [1.29, 1.82) is 0 Å². The van der Waals surface area contributed by atoms with Crippen LogP contribution in [0.1, 0.15) is 6.92 Å². The number of hydrogen-bond donors (Lipinski definition) is 2. The maximum absolute atomic E-state index is 14.6. The van der Waals surface area contributed by atoms with Gasteiger partial charge in [0.15, 0.2) is 0 Å². The molecule has 3 rings (SSSR count). The van der Waals surface area contributed by atoms with E-state index in [1.165, 1.54) is 17.9 Å². The molecule has 2 aliphatic rings. The summed E-state index contributed by atoms with van der Waals surface area (Å²) in [5, 5.41) is 2.62. The third kappa shape index (κ3) is 4.05. The van der Waals surface area contributed by atoms with Crippen LogP contribution >= 0.6 is 0 Å². The Hall–Kier alpha value is -2.39. The largest absolute Gasteiger partial charge is 0.442 e. The first-order valence-electron chi connectivity index (χ1n) is 8.67. The minimum absolute atomic E-state index is 0.190. The first-order valence-corrected chi connectivity index (χ1v) is 8.67. The number of rotatable bonds is 5. The van der Waals surface area contributed by atoms with Crippen LogP contribution in [0.2, 0.25) is 0 Å². The minimum atomic E-state index is -0.538. The van der Waals surface area contributed by atoms with E-state index in [1.807, 2.05) is 4.90 Å². The second kappa shape index (κ2) is 7.88. The number of carbonyl (C=O) groups excluding carboxylic acids is 2. The Morgan fingerprint density at radius 2 is 2.08 bits per heavy atom. The lowest BCUT2D eigenvalue weighted by Gasteiger charge is -2.35. The third-order valence-corrected chi connectivity index (χ3v) is 4.67. The Bertz CT molecular complexity index is 678. The molecule has 8 nitrogen and oxygen atoms in total. The quantitative estimate of drug-likeness (QED) is 0.781. The summed E-state index contributed by atoms with van der Waals surface area (Å²) in [6, 6.07) is 4.76. The van der Waals surface area contributed by atoms with E-state index in [9.17, 15) is 14.0 Å². The monoisotopic (exact) mass is 365 g/mol. The number of carbonyl (C=O) groups is 2. The summed E-state index contributed by atoms with van der Waals surface area (Å²) >= 11 is 0. The van der Waals surface area contributed by atoms with Gasteiger partial charge in [-0.25, -0.2) is 9.18 Å². The van der Waals surface area contributed by atoms with Gasteiger partial charge in [-0.1, -0.05) is 0 Å². The molecule has 0 aromatic heterocycles. The third-order valence-electron chi connectivity index (χ3n) is 4.67. The van der Waals surface area contributed by atoms with Crippen molar-refractivity contribution in [3.8, 4) is 0 Å². The highest BCUT2D eigenvalue weighted by Gasteiger charge is 2.33. The van der Waals surface area contributed by atoms with Crippen molar-refractivity contribution in [2.24, 2.45) is 5.73 Å². The van der Waals surface area contributed by atoms with Crippen LogP contribution in [0.25, 0.3) is 0 Å². The Morgan fingerprint density at radius 3 is 2.69 bits per heavy atom. The van der Waals surface area contributed by atoms with Crippen molar-refractivity contribution in [3.63, 3.8) is 0 Å². The number of amides is 2. The molecule has 1 aromatic carbocycles. The number of benzene rings is 1. The molecule has 142 valence electrons. The minimum Gasteiger partial charge on any atom is -0.442 e. The van der Waals surface area contributed by atoms with Gasteiger partial charge in [-0.2, -0.15) is 0 Å². The average molecular weight is 365 g/mol. The highest BCUT2D eigenvalue weighted by Crippen LogP contribution is 2.28. The number of hydrogen-bond acceptors (Lipinski definition) is 6. The van der Waals surface area contributed by atoms with Crippen molar-refractivity contribution in [2.45, 2.75) is 13.0 Å². The highest BCUT2D eigenvalue weighted by molar-refractivity contribution is 5.90. The standard InChI is InChI=1S/C17H24FN5O3/c1-12(24)20-9-14-10-23(17(25)26-14)13-2-3-16(15(18)8-13)22-6-4-21(11-19)5-7-22/h2-3,8,14H,4-7,9-11,19H2,1H3,(H,20,24)/t14-/m0/s1. The molecular weight excluding hydrogens is 341 g/mol. The Morgan fingerprint density at radius 1 is 1.35 bits per heavy atom. The van der Waals surface area contributed by atoms with Gasteiger partial charge in [0.25, 0.3) is 0 Å². The molecule has 0 bridgehead atoms. The van der Waals surface area contributed by atoms with Crippen molar-refractivity contribution < 1.29 is 18.7 Å². The van der Waals surface area contributed by atoms with E-state index in [0.717, 1.165) is 13.1 Å². The Balaban J connectivity index is 1.66. The van der Waals surface area contributed by atoms with Crippen LogP contribution in [-0.4, -0.2) is 68.9 Å². The van der Waals surface area contributed by atoms with Crippen molar-refractivity contribution in [3.05, 3.63) is 24.0 Å². The van der Waals surface area contributed by atoms with Gasteiger partial charge in [0.05, 0.1) is 24.5 Å². The van der Waals surface area contributed by atoms with E-state index in [0.29, 0.717) is 31.1 Å². The first kappa shape index (κ1) is 18.4. The smallest absolute Gasteiger partial charge is 0.414 e. The lowest BCUT2D eigenvalue weighted by Crippen LogP contribution is -2.48. The summed E-state index contributed by atoms with van der Waals surface area (Å²) in [6.07, 6.45) is -0.984. The number of nitrogens with one attached hydrogen (secondary N) is 1. The second-order valence-electron chi connectivity index (χ2n) is 6.48. The Labute approximate surface area is 151 Å². The summed E-state index contributed by atoms with van der Waals surface area (Å²) in [4.78, 5) is 28.5. The summed E-state index contributed by atoms with van der Waals surface area (Å²) in [5.74, 6) is -0.563. The number of nitrogens with two attached hydrogens (primary N) is 1. The zero-order valence-corrected chi connectivity index (χ0v) is 14.8. The predicted octanol–water partition coefficient (Wildman–Crippen LogP) is 0.325. The molecule has 3 N–H and O–H groups in total. The molecule has 26 heavy (non-hydrogen) atoms. The normalized spacial score (nSPS) is 21.0. The van der Waals surface area contributed by atoms with Crippen molar-refractivity contribution in [2.75, 3.05) is 55.7 Å². The fourth-order valence-corrected chi connectivity index (χ4v) is 3.19. The predicted molar refractivity (Wildman–Crippen MR) is 95.5 cm³/mol. The summed E-state index contributed by atoms with van der Waals surface area (Å²) in [5.41, 5.74) is 6.60. The molecule has 0 spiro atoms. The number of piperazine rings is 1. The number of halogens is 1. The summed E-state index contributed by atoms with van der Waals surface area (Å²) in [6.45, 7) is 5.41. The molecule has 0 saturated carbocycles. The van der Waals surface area contributed by atoms with E-state index >= 15 is 0 Å². The molecule has 2 fully saturated rings. The average Bonchev–Trinajstić information content (AvgIpc) is 3.01. The first-order chi connectivity index (χ1) is 12.5. The number of nitrogens with zero attached hydrogens (tertiary/aromatic N) is 3. The molecule has 2 aliphatic heterocycles. The van der Waals surface area contributed by atoms with Crippen molar-refractivity contribution in [1.82, 2.24) is 10.2 Å². The molecule has 2 amide bonds. The zero-order valence-electron chi connectivity index (χ0n) is 14.8. The molecule has 0 radical (unpaired) electrons. The highest BCUT2D eigenvalue weighted by atomic mass is 19.1. The molecule has 9 heteroatoms. The number of cyclic esters (lactones) is 1. The van der Waals surface area contributed by atoms with Gasteiger partial charge in [-0.15, -0.1) is 0 Å². The van der Waals surface area contributed by atoms with Gasteiger partial charge in [-0.05, 0) is 18.2 Å². The zero-order chi connectivity index (χ0) is 18.7. The van der Waals surface area contributed by atoms with Gasteiger partial charge in [0.1, 0.15) is 11.9 Å². The Kier molecular flexibility index (Phi) is 5.58. The van der Waals surface area contributed by atoms with Crippen LogP contribution < -0.4 is 20.9 Å². The van der Waals surface area contributed by atoms with Crippen LogP contribution in [0.3, 0.4) is 0 Å². The molecule has 1 atom stereocenters. The van der Waals surface area contributed by atoms with E-state index in [-0.39, 0.29) is 24.8 Å². The lowest BCUT2D eigenvalue weighted by atomic mass is 10.2.